The van der Waals surface area contributed by atoms with Crippen molar-refractivity contribution in [3.8, 4) is 17.2 Å². The van der Waals surface area contributed by atoms with Gasteiger partial charge in [0, 0.05) is 23.6 Å². The Hall–Kier alpha value is -2.93. The normalized spacial score (nSPS) is 11.8. The first-order valence-electron chi connectivity index (χ1n) is 9.68. The van der Waals surface area contributed by atoms with E-state index in [-0.39, 0.29) is 17.7 Å². The summed E-state index contributed by atoms with van der Waals surface area (Å²) in [6.45, 7) is 6.10. The molecule has 3 aromatic rings. The van der Waals surface area contributed by atoms with Crippen LogP contribution in [0.25, 0.3) is 5.69 Å². The summed E-state index contributed by atoms with van der Waals surface area (Å²) in [7, 11) is 3.23. The summed E-state index contributed by atoms with van der Waals surface area (Å²) >= 11 is 1.41. The van der Waals surface area contributed by atoms with Crippen LogP contribution in [-0.4, -0.2) is 35.4 Å². The van der Waals surface area contributed by atoms with Crippen LogP contribution in [0.2, 0.25) is 0 Å². The van der Waals surface area contributed by atoms with Gasteiger partial charge in [0.15, 0.2) is 5.16 Å². The number of aryl methyl sites for hydroxylation is 2. The minimum Gasteiger partial charge on any atom is -0.497 e. The molecular weight excluding hydrogens is 398 g/mol. The van der Waals surface area contributed by atoms with Crippen LogP contribution in [0.4, 0.5) is 0 Å². The minimum atomic E-state index is -0.220. The highest BCUT2D eigenvalue weighted by Gasteiger charge is 2.16. The van der Waals surface area contributed by atoms with Crippen LogP contribution >= 0.6 is 11.8 Å². The molecule has 7 heteroatoms. The molecule has 30 heavy (non-hydrogen) atoms. The number of carbonyl (C=O) groups is 1. The monoisotopic (exact) mass is 425 g/mol. The number of nitrogens with zero attached hydrogens (tertiary/aromatic N) is 2. The van der Waals surface area contributed by atoms with Gasteiger partial charge in [0.2, 0.25) is 5.91 Å². The summed E-state index contributed by atoms with van der Waals surface area (Å²) in [6, 6.07) is 11.6. The van der Waals surface area contributed by atoms with E-state index < -0.39 is 0 Å². The van der Waals surface area contributed by atoms with Crippen molar-refractivity contribution in [1.29, 1.82) is 0 Å². The van der Waals surface area contributed by atoms with Crippen molar-refractivity contribution in [3.05, 3.63) is 65.5 Å². The average molecular weight is 426 g/mol. The van der Waals surface area contributed by atoms with Gasteiger partial charge < -0.3 is 14.8 Å². The van der Waals surface area contributed by atoms with Crippen molar-refractivity contribution in [2.75, 3.05) is 20.0 Å². The number of rotatable bonds is 8. The lowest BCUT2D eigenvalue weighted by Gasteiger charge is -2.18. The number of imidazole rings is 1. The first-order chi connectivity index (χ1) is 14.4. The number of amides is 1. The molecule has 0 fully saturated rings. The van der Waals surface area contributed by atoms with E-state index in [9.17, 15) is 4.79 Å². The van der Waals surface area contributed by atoms with Gasteiger partial charge in [0.05, 0.1) is 26.0 Å². The molecule has 0 bridgehead atoms. The number of benzene rings is 2. The molecule has 1 heterocycles. The second kappa shape index (κ2) is 9.71. The van der Waals surface area contributed by atoms with Crippen LogP contribution in [0, 0.1) is 13.8 Å². The van der Waals surface area contributed by atoms with Crippen molar-refractivity contribution in [2.24, 2.45) is 0 Å². The Morgan fingerprint density at radius 1 is 1.13 bits per heavy atom. The first-order valence-corrected chi connectivity index (χ1v) is 10.7. The lowest BCUT2D eigenvalue weighted by Crippen LogP contribution is -2.28. The predicted octanol–water partition coefficient (Wildman–Crippen LogP) is 4.48. The van der Waals surface area contributed by atoms with Gasteiger partial charge in [-0.2, -0.15) is 0 Å². The topological polar surface area (TPSA) is 65.4 Å². The van der Waals surface area contributed by atoms with Crippen molar-refractivity contribution < 1.29 is 14.3 Å². The van der Waals surface area contributed by atoms with Gasteiger partial charge in [-0.1, -0.05) is 17.8 Å². The maximum Gasteiger partial charge on any atom is 0.230 e. The lowest BCUT2D eigenvalue weighted by atomic mass is 10.1. The number of hydrogen-bond acceptors (Lipinski definition) is 5. The number of nitrogens with one attached hydrogen (secondary N) is 1. The Labute approximate surface area is 181 Å². The molecule has 6 nitrogen and oxygen atoms in total. The third-order valence-electron chi connectivity index (χ3n) is 4.99. The molecular formula is C23H27N3O3S. The Morgan fingerprint density at radius 2 is 1.93 bits per heavy atom. The maximum atomic E-state index is 12.6. The molecule has 0 aliphatic rings. The quantitative estimate of drug-likeness (QED) is 0.539. The molecule has 1 atom stereocenters. The molecule has 1 aromatic heterocycles. The molecule has 1 unspecified atom stereocenters. The maximum absolute atomic E-state index is 12.6. The zero-order chi connectivity index (χ0) is 21.7. The van der Waals surface area contributed by atoms with Gasteiger partial charge in [0.1, 0.15) is 11.5 Å². The van der Waals surface area contributed by atoms with Crippen molar-refractivity contribution in [1.82, 2.24) is 14.9 Å². The van der Waals surface area contributed by atoms with Crippen LogP contribution in [0.1, 0.15) is 29.7 Å². The summed E-state index contributed by atoms with van der Waals surface area (Å²) in [5.41, 5.74) is 4.37. The molecule has 1 N–H and O–H groups in total. The zero-order valence-corrected chi connectivity index (χ0v) is 18.7. The molecule has 158 valence electrons. The molecule has 1 amide bonds. The van der Waals surface area contributed by atoms with Gasteiger partial charge in [-0.15, -0.1) is 0 Å². The number of carbonyl (C=O) groups excluding carboxylic acids is 1. The van der Waals surface area contributed by atoms with Crippen molar-refractivity contribution in [2.45, 2.75) is 32.0 Å². The Bertz CT molecular complexity index is 1030. The lowest BCUT2D eigenvalue weighted by molar-refractivity contribution is -0.119. The van der Waals surface area contributed by atoms with Crippen molar-refractivity contribution >= 4 is 17.7 Å². The Balaban J connectivity index is 1.66. The summed E-state index contributed by atoms with van der Waals surface area (Å²) in [5, 5.41) is 3.81. The minimum absolute atomic E-state index is 0.0768. The van der Waals surface area contributed by atoms with E-state index in [0.717, 1.165) is 22.2 Å². The molecule has 0 saturated carbocycles. The molecule has 0 radical (unpaired) electrons. The highest BCUT2D eigenvalue weighted by Crippen LogP contribution is 2.29. The van der Waals surface area contributed by atoms with Crippen LogP contribution in [0.5, 0.6) is 11.5 Å². The van der Waals surface area contributed by atoms with E-state index in [1.165, 1.54) is 22.9 Å². The first kappa shape index (κ1) is 21.8. The number of hydrogen-bond donors (Lipinski definition) is 1. The van der Waals surface area contributed by atoms with Gasteiger partial charge in [-0.25, -0.2) is 4.98 Å². The van der Waals surface area contributed by atoms with Gasteiger partial charge in [-0.05, 0) is 62.2 Å². The summed E-state index contributed by atoms with van der Waals surface area (Å²) in [6.07, 6.45) is 3.66. The van der Waals surface area contributed by atoms with Gasteiger partial charge in [0.25, 0.3) is 0 Å². The van der Waals surface area contributed by atoms with Crippen LogP contribution in [-0.2, 0) is 4.79 Å². The molecule has 0 aliphatic carbocycles. The Morgan fingerprint density at radius 3 is 2.63 bits per heavy atom. The van der Waals surface area contributed by atoms with Crippen LogP contribution < -0.4 is 14.8 Å². The highest BCUT2D eigenvalue weighted by molar-refractivity contribution is 7.99. The van der Waals surface area contributed by atoms with E-state index in [2.05, 4.69) is 42.3 Å². The summed E-state index contributed by atoms with van der Waals surface area (Å²) in [4.78, 5) is 17.0. The van der Waals surface area contributed by atoms with Crippen LogP contribution in [0.15, 0.2) is 53.9 Å². The molecule has 3 rings (SSSR count). The molecule has 0 aliphatic heterocycles. The largest absolute Gasteiger partial charge is 0.497 e. The second-order valence-electron chi connectivity index (χ2n) is 7.03. The van der Waals surface area contributed by atoms with E-state index in [1.807, 2.05) is 35.9 Å². The predicted molar refractivity (Wildman–Crippen MR) is 120 cm³/mol. The number of methoxy groups -OCH3 is 2. The highest BCUT2D eigenvalue weighted by atomic mass is 32.2. The standard InChI is InChI=1S/C23H27N3O3S/c1-15-6-7-18(12-16(15)2)26-11-10-24-23(26)30-14-22(27)25-17(3)20-13-19(28-4)8-9-21(20)29-5/h6-13,17H,14H2,1-5H3,(H,25,27). The fourth-order valence-electron chi connectivity index (χ4n) is 3.14. The number of thioether (sulfide) groups is 1. The fraction of sp³-hybridized carbons (Fsp3) is 0.304. The van der Waals surface area contributed by atoms with E-state index in [1.54, 1.807) is 20.4 Å². The van der Waals surface area contributed by atoms with Crippen LogP contribution in [0.3, 0.4) is 0 Å². The van der Waals surface area contributed by atoms with E-state index in [0.29, 0.717) is 5.75 Å². The average Bonchev–Trinajstić information content (AvgIpc) is 3.22. The molecule has 0 saturated heterocycles. The third-order valence-corrected chi connectivity index (χ3v) is 5.96. The zero-order valence-electron chi connectivity index (χ0n) is 17.9. The molecule has 2 aromatic carbocycles. The van der Waals surface area contributed by atoms with Crippen molar-refractivity contribution in [3.63, 3.8) is 0 Å². The van der Waals surface area contributed by atoms with E-state index in [4.69, 9.17) is 9.47 Å². The van der Waals surface area contributed by atoms with Gasteiger partial charge >= 0.3 is 0 Å². The third kappa shape index (κ3) is 4.97. The van der Waals surface area contributed by atoms with Gasteiger partial charge in [-0.3, -0.25) is 9.36 Å². The van der Waals surface area contributed by atoms with E-state index >= 15 is 0 Å². The SMILES string of the molecule is COc1ccc(OC)c(C(C)NC(=O)CSc2nccn2-c2ccc(C)c(C)c2)c1. The number of aromatic nitrogens is 2. The summed E-state index contributed by atoms with van der Waals surface area (Å²) in [5.74, 6) is 1.61. The summed E-state index contributed by atoms with van der Waals surface area (Å²) < 4.78 is 12.7. The molecule has 0 spiro atoms. The number of ether oxygens (including phenoxy) is 2. The smallest absolute Gasteiger partial charge is 0.230 e. The second-order valence-corrected chi connectivity index (χ2v) is 7.98. The Kier molecular flexibility index (Phi) is 7.05. The fourth-order valence-corrected chi connectivity index (χ4v) is 3.92.